The molecule has 0 saturated carbocycles. The van der Waals surface area contributed by atoms with E-state index < -0.39 is 0 Å². The Kier molecular flexibility index (Phi) is 3.36. The summed E-state index contributed by atoms with van der Waals surface area (Å²) in [5.41, 5.74) is 5.95. The van der Waals surface area contributed by atoms with Gasteiger partial charge in [0.25, 0.3) is 0 Å². The van der Waals surface area contributed by atoms with Crippen molar-refractivity contribution in [1.29, 1.82) is 0 Å². The van der Waals surface area contributed by atoms with Gasteiger partial charge in [-0.25, -0.2) is 0 Å². The molecular formula is C8H17N5. The lowest BCUT2D eigenvalue weighted by Crippen LogP contribution is -2.30. The first-order chi connectivity index (χ1) is 6.13. The molecular weight excluding hydrogens is 166 g/mol. The van der Waals surface area contributed by atoms with Gasteiger partial charge in [-0.05, 0) is 11.1 Å². The summed E-state index contributed by atoms with van der Waals surface area (Å²) in [6, 6.07) is 0.134. The van der Waals surface area contributed by atoms with Gasteiger partial charge in [0.05, 0.1) is 7.05 Å². The van der Waals surface area contributed by atoms with Gasteiger partial charge in [-0.1, -0.05) is 20.3 Å². The summed E-state index contributed by atoms with van der Waals surface area (Å²) in [6.45, 7) is 4.27. The van der Waals surface area contributed by atoms with Crippen LogP contribution in [0.1, 0.15) is 26.1 Å². The maximum atomic E-state index is 5.95. The van der Waals surface area contributed by atoms with Gasteiger partial charge in [-0.2, -0.15) is 4.80 Å². The van der Waals surface area contributed by atoms with E-state index in [9.17, 15) is 0 Å². The fourth-order valence-electron chi connectivity index (χ4n) is 1.12. The molecule has 2 N–H and O–H groups in total. The number of aromatic nitrogens is 4. The van der Waals surface area contributed by atoms with Crippen molar-refractivity contribution >= 4 is 0 Å². The molecule has 5 heteroatoms. The highest BCUT2D eigenvalue weighted by molar-refractivity contribution is 4.84. The Morgan fingerprint density at radius 3 is 2.69 bits per heavy atom. The van der Waals surface area contributed by atoms with E-state index in [1.54, 1.807) is 7.05 Å². The molecule has 0 aromatic carbocycles. The molecule has 0 aliphatic heterocycles. The minimum Gasteiger partial charge on any atom is -0.327 e. The summed E-state index contributed by atoms with van der Waals surface area (Å²) in [4.78, 5) is 1.46. The highest BCUT2D eigenvalue weighted by atomic mass is 15.6. The Morgan fingerprint density at radius 1 is 1.54 bits per heavy atom. The molecule has 0 saturated heterocycles. The summed E-state index contributed by atoms with van der Waals surface area (Å²) < 4.78 is 0. The number of hydrogen-bond acceptors (Lipinski definition) is 4. The van der Waals surface area contributed by atoms with Gasteiger partial charge in [0.2, 0.25) is 0 Å². The molecule has 0 bridgehead atoms. The van der Waals surface area contributed by atoms with Gasteiger partial charge in [-0.15, -0.1) is 10.2 Å². The normalized spacial score (nSPS) is 15.7. The van der Waals surface area contributed by atoms with E-state index in [0.717, 1.165) is 12.2 Å². The highest BCUT2D eigenvalue weighted by Crippen LogP contribution is 2.08. The van der Waals surface area contributed by atoms with Crippen LogP contribution in [0.2, 0.25) is 0 Å². The van der Waals surface area contributed by atoms with Crippen molar-refractivity contribution in [3.63, 3.8) is 0 Å². The zero-order chi connectivity index (χ0) is 9.84. The number of rotatable bonds is 4. The second-order valence-electron chi connectivity index (χ2n) is 3.45. The molecule has 0 aliphatic rings. The summed E-state index contributed by atoms with van der Waals surface area (Å²) >= 11 is 0. The van der Waals surface area contributed by atoms with Crippen LogP contribution in [0.4, 0.5) is 0 Å². The maximum Gasteiger partial charge on any atom is 0.176 e. The molecule has 74 valence electrons. The van der Waals surface area contributed by atoms with E-state index in [2.05, 4.69) is 29.3 Å². The first-order valence-electron chi connectivity index (χ1n) is 4.62. The van der Waals surface area contributed by atoms with Crippen LogP contribution in [0.25, 0.3) is 0 Å². The van der Waals surface area contributed by atoms with Crippen LogP contribution in [0, 0.1) is 5.92 Å². The van der Waals surface area contributed by atoms with E-state index >= 15 is 0 Å². The number of nitrogens with zero attached hydrogens (tertiary/aromatic N) is 4. The predicted octanol–water partition coefficient (Wildman–Crippen LogP) is 0.126. The van der Waals surface area contributed by atoms with Gasteiger partial charge < -0.3 is 5.73 Å². The highest BCUT2D eigenvalue weighted by Gasteiger charge is 2.13. The van der Waals surface area contributed by atoms with E-state index in [-0.39, 0.29) is 6.04 Å². The van der Waals surface area contributed by atoms with Crippen molar-refractivity contribution in [3.8, 4) is 0 Å². The summed E-state index contributed by atoms with van der Waals surface area (Å²) in [6.07, 6.45) is 1.80. The Bertz CT molecular complexity index is 257. The number of aryl methyl sites for hydroxylation is 1. The van der Waals surface area contributed by atoms with Crippen LogP contribution in [-0.4, -0.2) is 26.2 Å². The monoisotopic (exact) mass is 183 g/mol. The van der Waals surface area contributed by atoms with Gasteiger partial charge in [-0.3, -0.25) is 0 Å². The predicted molar refractivity (Wildman–Crippen MR) is 49.9 cm³/mol. The molecule has 13 heavy (non-hydrogen) atoms. The molecule has 0 radical (unpaired) electrons. The molecule has 1 rings (SSSR count). The molecule has 5 nitrogen and oxygen atoms in total. The molecule has 0 aliphatic carbocycles. The quantitative estimate of drug-likeness (QED) is 0.720. The first-order valence-corrected chi connectivity index (χ1v) is 4.62. The average Bonchev–Trinajstić information content (AvgIpc) is 2.49. The minimum atomic E-state index is 0.134. The van der Waals surface area contributed by atoms with Crippen molar-refractivity contribution in [2.45, 2.75) is 32.7 Å². The van der Waals surface area contributed by atoms with Crippen molar-refractivity contribution in [2.75, 3.05) is 0 Å². The van der Waals surface area contributed by atoms with Crippen LogP contribution >= 0.6 is 0 Å². The summed E-state index contributed by atoms with van der Waals surface area (Å²) in [5, 5.41) is 11.7. The van der Waals surface area contributed by atoms with Crippen molar-refractivity contribution in [2.24, 2.45) is 18.7 Å². The fourth-order valence-corrected chi connectivity index (χ4v) is 1.12. The van der Waals surface area contributed by atoms with Crippen LogP contribution in [0.5, 0.6) is 0 Å². The number of nitrogens with two attached hydrogens (primary N) is 1. The summed E-state index contributed by atoms with van der Waals surface area (Å²) in [7, 11) is 1.76. The summed E-state index contributed by atoms with van der Waals surface area (Å²) in [5.74, 6) is 1.24. The minimum absolute atomic E-state index is 0.134. The van der Waals surface area contributed by atoms with Crippen LogP contribution in [-0.2, 0) is 13.5 Å². The maximum absolute atomic E-state index is 5.95. The van der Waals surface area contributed by atoms with Gasteiger partial charge in [0, 0.05) is 12.5 Å². The lowest BCUT2D eigenvalue weighted by Gasteiger charge is -2.15. The molecule has 2 atom stereocenters. The number of tetrazole rings is 1. The number of hydrogen-bond donors (Lipinski definition) is 1. The second-order valence-corrected chi connectivity index (χ2v) is 3.45. The molecule has 1 heterocycles. The van der Waals surface area contributed by atoms with Crippen molar-refractivity contribution in [3.05, 3.63) is 5.82 Å². The average molecular weight is 183 g/mol. The Labute approximate surface area is 78.3 Å². The molecule has 0 spiro atoms. The topological polar surface area (TPSA) is 69.6 Å². The fraction of sp³-hybridized carbons (Fsp3) is 0.875. The van der Waals surface area contributed by atoms with Crippen LogP contribution < -0.4 is 5.73 Å². The largest absolute Gasteiger partial charge is 0.327 e. The SMILES string of the molecule is CCC(C)C(N)Cc1nnn(C)n1. The van der Waals surface area contributed by atoms with Gasteiger partial charge in [0.1, 0.15) is 0 Å². The van der Waals surface area contributed by atoms with Crippen LogP contribution in [0.15, 0.2) is 0 Å². The first kappa shape index (κ1) is 10.1. The third-order valence-corrected chi connectivity index (χ3v) is 2.34. The van der Waals surface area contributed by atoms with E-state index in [1.807, 2.05) is 0 Å². The third-order valence-electron chi connectivity index (χ3n) is 2.34. The Hall–Kier alpha value is -0.970. The van der Waals surface area contributed by atoms with Crippen LogP contribution in [0.3, 0.4) is 0 Å². The molecule has 0 fully saturated rings. The third kappa shape index (κ3) is 2.77. The molecule has 2 unspecified atom stereocenters. The Balaban J connectivity index is 2.49. The zero-order valence-corrected chi connectivity index (χ0v) is 8.44. The second kappa shape index (κ2) is 4.32. The van der Waals surface area contributed by atoms with Gasteiger partial charge in [0.15, 0.2) is 5.82 Å². The lowest BCUT2D eigenvalue weighted by molar-refractivity contribution is 0.433. The Morgan fingerprint density at radius 2 is 2.23 bits per heavy atom. The van der Waals surface area contributed by atoms with E-state index in [4.69, 9.17) is 5.73 Å². The zero-order valence-electron chi connectivity index (χ0n) is 8.44. The molecule has 0 amide bonds. The van der Waals surface area contributed by atoms with Crippen molar-refractivity contribution in [1.82, 2.24) is 20.2 Å². The molecule has 1 aromatic rings. The van der Waals surface area contributed by atoms with E-state index in [0.29, 0.717) is 12.3 Å². The smallest absolute Gasteiger partial charge is 0.176 e. The van der Waals surface area contributed by atoms with Crippen molar-refractivity contribution < 1.29 is 0 Å². The lowest BCUT2D eigenvalue weighted by atomic mass is 9.97. The molecule has 1 aromatic heterocycles. The van der Waals surface area contributed by atoms with E-state index in [1.165, 1.54) is 4.80 Å². The van der Waals surface area contributed by atoms with Gasteiger partial charge >= 0.3 is 0 Å². The standard InChI is InChI=1S/C8H17N5/c1-4-6(2)7(9)5-8-10-12-13(3)11-8/h6-7H,4-5,9H2,1-3H3.